The zero-order valence-electron chi connectivity index (χ0n) is 11.3. The normalized spacial score (nSPS) is 18.2. The Bertz CT molecular complexity index is 602. The van der Waals surface area contributed by atoms with Crippen LogP contribution in [0.25, 0.3) is 0 Å². The maximum Gasteiger partial charge on any atom is 0.336 e. The lowest BCUT2D eigenvalue weighted by molar-refractivity contribution is -0.311. The van der Waals surface area contributed by atoms with Crippen molar-refractivity contribution < 1.29 is 19.8 Å². The monoisotopic (exact) mass is 291 g/mol. The average molecular weight is 291 g/mol. The number of hydrogen-bond acceptors (Lipinski definition) is 4. The molecule has 0 radical (unpaired) electrons. The molecule has 0 saturated heterocycles. The molecule has 0 amide bonds. The molecule has 5 heteroatoms. The van der Waals surface area contributed by atoms with Crippen LogP contribution in [0.4, 0.5) is 0 Å². The van der Waals surface area contributed by atoms with Gasteiger partial charge in [0.05, 0.1) is 5.56 Å². The van der Waals surface area contributed by atoms with Crippen molar-refractivity contribution in [2.75, 3.05) is 0 Å². The molecule has 0 unspecified atom stereocenters. The highest BCUT2D eigenvalue weighted by molar-refractivity contribution is 8.04. The summed E-state index contributed by atoms with van der Waals surface area (Å²) in [7, 11) is 0. The smallest absolute Gasteiger partial charge is 0.336 e. The van der Waals surface area contributed by atoms with Crippen LogP contribution in [0.1, 0.15) is 37.0 Å². The van der Waals surface area contributed by atoms with E-state index < -0.39 is 5.97 Å². The van der Waals surface area contributed by atoms with Gasteiger partial charge >= 0.3 is 5.97 Å². The third-order valence-electron chi connectivity index (χ3n) is 3.11. The van der Waals surface area contributed by atoms with Crippen LogP contribution in [0.3, 0.4) is 0 Å². The molecule has 1 aromatic rings. The molecule has 0 spiro atoms. The van der Waals surface area contributed by atoms with E-state index in [1.807, 2.05) is 13.8 Å². The van der Waals surface area contributed by atoms with Gasteiger partial charge in [-0.05, 0) is 24.0 Å². The molecule has 1 aliphatic carbocycles. The maximum atomic E-state index is 12.1. The van der Waals surface area contributed by atoms with E-state index in [0.29, 0.717) is 17.7 Å². The Labute approximate surface area is 121 Å². The van der Waals surface area contributed by atoms with E-state index in [9.17, 15) is 14.7 Å². The molecule has 20 heavy (non-hydrogen) atoms. The molecule has 0 aromatic heterocycles. The fourth-order valence-corrected chi connectivity index (χ4v) is 3.21. The lowest BCUT2D eigenvalue weighted by Crippen LogP contribution is -2.29. The van der Waals surface area contributed by atoms with Crippen molar-refractivity contribution >= 4 is 23.5 Å². The third kappa shape index (κ3) is 3.04. The molecular formula is C15H15O4S-. The van der Waals surface area contributed by atoms with Crippen LogP contribution in [0, 0.1) is 5.41 Å². The molecule has 106 valence electrons. The molecule has 1 aromatic carbocycles. The van der Waals surface area contributed by atoms with Crippen molar-refractivity contribution in [3.05, 3.63) is 40.5 Å². The highest BCUT2D eigenvalue weighted by Crippen LogP contribution is 2.41. The van der Waals surface area contributed by atoms with Crippen LogP contribution in [0.15, 0.2) is 39.8 Å². The Hall–Kier alpha value is -1.75. The number of carboxylic acid groups (broad SMARTS) is 1. The van der Waals surface area contributed by atoms with Crippen molar-refractivity contribution in [2.45, 2.75) is 31.6 Å². The number of ketones is 1. The molecule has 0 heterocycles. The van der Waals surface area contributed by atoms with E-state index in [1.54, 1.807) is 18.2 Å². The van der Waals surface area contributed by atoms with Crippen molar-refractivity contribution in [3.8, 4) is 0 Å². The maximum absolute atomic E-state index is 12.1. The van der Waals surface area contributed by atoms with Crippen LogP contribution in [0.5, 0.6) is 0 Å². The number of benzene rings is 1. The summed E-state index contributed by atoms with van der Waals surface area (Å²) in [5.41, 5.74) is -0.208. The van der Waals surface area contributed by atoms with Crippen LogP contribution in [0.2, 0.25) is 0 Å². The zero-order chi connectivity index (χ0) is 14.9. The Kier molecular flexibility index (Phi) is 3.90. The molecular weight excluding hydrogens is 276 g/mol. The van der Waals surface area contributed by atoms with E-state index in [0.717, 1.165) is 11.8 Å². The Morgan fingerprint density at radius 2 is 1.95 bits per heavy atom. The summed E-state index contributed by atoms with van der Waals surface area (Å²) >= 11 is 0.973. The first-order valence-electron chi connectivity index (χ1n) is 6.24. The number of carboxylic acids is 1. The second-order valence-corrected chi connectivity index (χ2v) is 6.65. The van der Waals surface area contributed by atoms with Crippen LogP contribution >= 0.6 is 11.8 Å². The number of carbonyl (C=O) groups excluding carboxylic acids is 1. The number of thioether (sulfide) groups is 1. The van der Waals surface area contributed by atoms with Crippen LogP contribution in [-0.2, 0) is 4.79 Å². The predicted octanol–water partition coefficient (Wildman–Crippen LogP) is 2.44. The third-order valence-corrected chi connectivity index (χ3v) is 4.35. The fourth-order valence-electron chi connectivity index (χ4n) is 2.20. The Morgan fingerprint density at radius 1 is 1.30 bits per heavy atom. The van der Waals surface area contributed by atoms with Gasteiger partial charge in [-0.1, -0.05) is 37.7 Å². The SMILES string of the molecule is CC1(C)CC(=O)C(Sc2ccccc2C(=O)O)=C([O-])C1. The minimum atomic E-state index is -1.07. The van der Waals surface area contributed by atoms with E-state index in [1.165, 1.54) is 6.07 Å². The van der Waals surface area contributed by atoms with Crippen molar-refractivity contribution in [1.29, 1.82) is 0 Å². The number of carbonyl (C=O) groups is 2. The van der Waals surface area contributed by atoms with Gasteiger partial charge in [0.2, 0.25) is 0 Å². The highest BCUT2D eigenvalue weighted by atomic mass is 32.2. The van der Waals surface area contributed by atoms with Gasteiger partial charge < -0.3 is 10.2 Å². The van der Waals surface area contributed by atoms with Gasteiger partial charge in [-0.25, -0.2) is 4.79 Å². The van der Waals surface area contributed by atoms with Gasteiger partial charge in [-0.2, -0.15) is 0 Å². The molecule has 0 aliphatic heterocycles. The first kappa shape index (κ1) is 14.7. The lowest BCUT2D eigenvalue weighted by atomic mass is 9.79. The van der Waals surface area contributed by atoms with E-state index in [4.69, 9.17) is 5.11 Å². The molecule has 0 saturated carbocycles. The molecule has 0 atom stereocenters. The van der Waals surface area contributed by atoms with Gasteiger partial charge in [0.1, 0.15) is 0 Å². The Balaban J connectivity index is 2.35. The largest absolute Gasteiger partial charge is 0.875 e. The minimum Gasteiger partial charge on any atom is -0.875 e. The first-order chi connectivity index (χ1) is 9.30. The van der Waals surface area contributed by atoms with Crippen LogP contribution < -0.4 is 5.11 Å². The summed E-state index contributed by atoms with van der Waals surface area (Å²) in [6.07, 6.45) is 0.632. The standard InChI is InChI=1S/C15H16O4S/c1-15(2)7-10(16)13(11(17)8-15)20-12-6-4-3-5-9(12)14(18)19/h3-6,16H,7-8H2,1-2H3,(H,18,19)/p-1. The predicted molar refractivity (Wildman–Crippen MR) is 74.3 cm³/mol. The quantitative estimate of drug-likeness (QED) is 0.925. The summed E-state index contributed by atoms with van der Waals surface area (Å²) in [6, 6.07) is 6.39. The fraction of sp³-hybridized carbons (Fsp3) is 0.333. The second kappa shape index (κ2) is 5.32. The van der Waals surface area contributed by atoms with Crippen LogP contribution in [-0.4, -0.2) is 16.9 Å². The molecule has 4 nitrogen and oxygen atoms in total. The first-order valence-corrected chi connectivity index (χ1v) is 7.05. The summed E-state index contributed by atoms with van der Waals surface area (Å²) in [6.45, 7) is 3.77. The van der Waals surface area contributed by atoms with Crippen molar-refractivity contribution in [2.24, 2.45) is 5.41 Å². The summed E-state index contributed by atoms with van der Waals surface area (Å²) in [4.78, 5) is 23.8. The van der Waals surface area contributed by atoms with E-state index in [2.05, 4.69) is 0 Å². The minimum absolute atomic E-state index is 0.107. The van der Waals surface area contributed by atoms with Gasteiger partial charge in [-0.15, -0.1) is 5.76 Å². The number of hydrogen-bond donors (Lipinski definition) is 1. The van der Waals surface area contributed by atoms with Crippen molar-refractivity contribution in [3.63, 3.8) is 0 Å². The number of allylic oxidation sites excluding steroid dienone is 2. The molecule has 2 rings (SSSR count). The lowest BCUT2D eigenvalue weighted by Gasteiger charge is -2.34. The van der Waals surface area contributed by atoms with E-state index in [-0.39, 0.29) is 27.4 Å². The van der Waals surface area contributed by atoms with Gasteiger partial charge in [0.15, 0.2) is 5.78 Å². The van der Waals surface area contributed by atoms with Gasteiger partial charge in [-0.3, -0.25) is 4.79 Å². The molecule has 0 fully saturated rings. The summed E-state index contributed by atoms with van der Waals surface area (Å²) in [5, 5.41) is 21.2. The second-order valence-electron chi connectivity index (χ2n) is 5.60. The highest BCUT2D eigenvalue weighted by Gasteiger charge is 2.30. The molecule has 0 bridgehead atoms. The average Bonchev–Trinajstić information content (AvgIpc) is 2.33. The summed E-state index contributed by atoms with van der Waals surface area (Å²) in [5.74, 6) is -1.46. The number of rotatable bonds is 3. The van der Waals surface area contributed by atoms with Crippen molar-refractivity contribution in [1.82, 2.24) is 0 Å². The summed E-state index contributed by atoms with van der Waals surface area (Å²) < 4.78 is 0. The van der Waals surface area contributed by atoms with E-state index >= 15 is 0 Å². The molecule has 1 aliphatic rings. The number of aromatic carboxylic acids is 1. The van der Waals surface area contributed by atoms with Gasteiger partial charge in [0, 0.05) is 16.2 Å². The van der Waals surface area contributed by atoms with Gasteiger partial charge in [0.25, 0.3) is 0 Å². The zero-order valence-corrected chi connectivity index (χ0v) is 12.1. The topological polar surface area (TPSA) is 77.4 Å². The molecule has 1 N–H and O–H groups in total. The Morgan fingerprint density at radius 3 is 2.55 bits per heavy atom. The number of Topliss-reactive ketones (excluding diaryl/α,β-unsaturated/α-hetero) is 1.